The average Bonchev–Trinajstić information content (AvgIpc) is 3.20. The van der Waals surface area contributed by atoms with Crippen molar-refractivity contribution in [3.63, 3.8) is 0 Å². The van der Waals surface area contributed by atoms with Gasteiger partial charge in [0.2, 0.25) is 0 Å². The van der Waals surface area contributed by atoms with Crippen molar-refractivity contribution < 1.29 is 13.6 Å². The minimum atomic E-state index is -0.547. The molecule has 1 saturated carbocycles. The zero-order chi connectivity index (χ0) is 24.9. The lowest BCUT2D eigenvalue weighted by Crippen LogP contribution is -2.37. The highest BCUT2D eigenvalue weighted by molar-refractivity contribution is 5.93. The number of halogens is 2. The van der Waals surface area contributed by atoms with Crippen LogP contribution in [0.2, 0.25) is 0 Å². The van der Waals surface area contributed by atoms with Gasteiger partial charge in [-0.2, -0.15) is 5.10 Å². The Balaban J connectivity index is 1.38. The summed E-state index contributed by atoms with van der Waals surface area (Å²) < 4.78 is 29.6. The molecule has 1 unspecified atom stereocenters. The second-order valence-electron chi connectivity index (χ2n) is 10.3. The number of urea groups is 1. The third-order valence-electron chi connectivity index (χ3n) is 7.85. The normalized spacial score (nSPS) is 26.6. The van der Waals surface area contributed by atoms with Gasteiger partial charge in [-0.15, -0.1) is 0 Å². The molecular formula is C26H32F2N6O. The highest BCUT2D eigenvalue weighted by Gasteiger charge is 2.64. The van der Waals surface area contributed by atoms with Gasteiger partial charge in [-0.3, -0.25) is 0 Å². The first kappa shape index (κ1) is 23.5. The summed E-state index contributed by atoms with van der Waals surface area (Å²) in [5, 5.41) is 7.31. The molecule has 2 saturated heterocycles. The Morgan fingerprint density at radius 2 is 2.09 bits per heavy atom. The molecule has 2 aliphatic heterocycles. The van der Waals surface area contributed by atoms with Crippen LogP contribution in [-0.2, 0) is 0 Å². The number of allylic oxidation sites excluding steroid dienone is 3. The van der Waals surface area contributed by atoms with Gasteiger partial charge < -0.3 is 15.1 Å². The minimum Gasteiger partial charge on any atom is -0.346 e. The lowest BCUT2D eigenvalue weighted by atomic mass is 9.95. The molecule has 0 bridgehead atoms. The molecule has 0 radical (unpaired) electrons. The van der Waals surface area contributed by atoms with E-state index in [4.69, 9.17) is 4.98 Å². The van der Waals surface area contributed by atoms with Gasteiger partial charge in [-0.1, -0.05) is 20.4 Å². The maximum atomic E-state index is 14.8. The molecule has 0 spiro atoms. The first-order chi connectivity index (χ1) is 16.7. The molecule has 186 valence electrons. The smallest absolute Gasteiger partial charge is 0.322 e. The molecule has 1 aliphatic carbocycles. The van der Waals surface area contributed by atoms with Crippen molar-refractivity contribution in [1.82, 2.24) is 19.5 Å². The van der Waals surface area contributed by atoms with Gasteiger partial charge in [0.05, 0.1) is 17.6 Å². The fourth-order valence-electron chi connectivity index (χ4n) is 5.63. The number of likely N-dealkylation sites (tertiary alicyclic amines) is 1. The molecule has 4 heterocycles. The molecule has 5 rings (SSSR count). The SMILES string of the molecule is C=C(/C(F)=C\C=C(/C)F)[C@@]12C[C@@H]1CCN2c1ccn2ncc(NC(=O)N3CCC(C(C)C)C3)c2n1. The molecule has 7 nitrogen and oxygen atoms in total. The molecule has 3 atom stereocenters. The maximum Gasteiger partial charge on any atom is 0.322 e. The quantitative estimate of drug-likeness (QED) is 0.553. The molecular weight excluding hydrogens is 450 g/mol. The number of amides is 2. The summed E-state index contributed by atoms with van der Waals surface area (Å²) in [6.07, 6.45) is 8.36. The summed E-state index contributed by atoms with van der Waals surface area (Å²) in [6, 6.07) is 1.70. The Kier molecular flexibility index (Phi) is 5.89. The van der Waals surface area contributed by atoms with Gasteiger partial charge in [0, 0.05) is 31.4 Å². The number of nitrogens with one attached hydrogen (secondary N) is 1. The molecule has 2 aromatic heterocycles. The van der Waals surface area contributed by atoms with Gasteiger partial charge in [-0.05, 0) is 62.2 Å². The number of hydrogen-bond donors (Lipinski definition) is 1. The molecule has 9 heteroatoms. The predicted molar refractivity (Wildman–Crippen MR) is 133 cm³/mol. The van der Waals surface area contributed by atoms with E-state index in [0.717, 1.165) is 51.0 Å². The van der Waals surface area contributed by atoms with E-state index in [0.29, 0.717) is 34.6 Å². The van der Waals surface area contributed by atoms with Crippen molar-refractivity contribution in [1.29, 1.82) is 0 Å². The first-order valence-electron chi connectivity index (χ1n) is 12.3. The van der Waals surface area contributed by atoms with E-state index in [-0.39, 0.29) is 11.9 Å². The molecule has 35 heavy (non-hydrogen) atoms. The van der Waals surface area contributed by atoms with Gasteiger partial charge in [0.15, 0.2) is 5.65 Å². The van der Waals surface area contributed by atoms with Crippen LogP contribution >= 0.6 is 0 Å². The van der Waals surface area contributed by atoms with Crippen LogP contribution in [0.25, 0.3) is 5.65 Å². The number of piperidine rings is 1. The number of carbonyl (C=O) groups is 1. The average molecular weight is 483 g/mol. The van der Waals surface area contributed by atoms with E-state index in [1.165, 1.54) is 6.92 Å². The Bertz CT molecular complexity index is 1230. The summed E-state index contributed by atoms with van der Waals surface area (Å²) in [4.78, 5) is 21.6. The zero-order valence-corrected chi connectivity index (χ0v) is 20.5. The van der Waals surface area contributed by atoms with Crippen molar-refractivity contribution in [2.45, 2.75) is 45.6 Å². The van der Waals surface area contributed by atoms with Crippen LogP contribution < -0.4 is 10.2 Å². The number of aromatic nitrogens is 3. The number of carbonyl (C=O) groups excluding carboxylic acids is 1. The van der Waals surface area contributed by atoms with Crippen LogP contribution in [0.3, 0.4) is 0 Å². The summed E-state index contributed by atoms with van der Waals surface area (Å²) >= 11 is 0. The van der Waals surface area contributed by atoms with E-state index in [1.54, 1.807) is 16.9 Å². The second kappa shape index (κ2) is 8.77. The lowest BCUT2D eigenvalue weighted by molar-refractivity contribution is 0.219. The van der Waals surface area contributed by atoms with Gasteiger partial charge in [0.1, 0.15) is 17.3 Å². The standard InChI is InChI=1S/C26H32F2N6O/c1-16(2)19-7-10-32(15-19)25(35)30-22-14-29-34-12-9-23(31-24(22)34)33-11-8-20-13-26(20,33)18(4)21(28)6-5-17(3)27/h5-6,9,12,14,16,19-20H,4,7-8,10-11,13,15H2,1-3H3,(H,30,35)/b17-5+,21-6+/t19?,20-,26-/m0/s1. The third-order valence-corrected chi connectivity index (χ3v) is 7.85. The number of hydrogen-bond acceptors (Lipinski definition) is 4. The number of nitrogens with zero attached hydrogens (tertiary/aromatic N) is 5. The summed E-state index contributed by atoms with van der Waals surface area (Å²) in [5.41, 5.74) is 0.885. The van der Waals surface area contributed by atoms with Crippen molar-refractivity contribution in [2.75, 3.05) is 29.9 Å². The number of anilines is 2. The Hall–Kier alpha value is -3.23. The second-order valence-corrected chi connectivity index (χ2v) is 10.3. The van der Waals surface area contributed by atoms with Crippen LogP contribution in [0, 0.1) is 17.8 Å². The third kappa shape index (κ3) is 4.10. The predicted octanol–water partition coefficient (Wildman–Crippen LogP) is 5.49. The van der Waals surface area contributed by atoms with Crippen molar-refractivity contribution in [3.05, 3.63) is 54.4 Å². The fraction of sp³-hybridized carbons (Fsp3) is 0.500. The van der Waals surface area contributed by atoms with Crippen molar-refractivity contribution >= 4 is 23.2 Å². The molecule has 0 aromatic carbocycles. The Morgan fingerprint density at radius 3 is 2.77 bits per heavy atom. The first-order valence-corrected chi connectivity index (χ1v) is 12.3. The van der Waals surface area contributed by atoms with Crippen LogP contribution in [0.15, 0.2) is 54.4 Å². The number of rotatable bonds is 6. The highest BCUT2D eigenvalue weighted by Crippen LogP contribution is 2.61. The topological polar surface area (TPSA) is 65.8 Å². The Labute approximate surface area is 204 Å². The minimum absolute atomic E-state index is 0.146. The van der Waals surface area contributed by atoms with Crippen LogP contribution in [0.4, 0.5) is 25.1 Å². The fourth-order valence-corrected chi connectivity index (χ4v) is 5.63. The number of fused-ring (bicyclic) bond motifs is 2. The Morgan fingerprint density at radius 1 is 1.29 bits per heavy atom. The van der Waals surface area contributed by atoms with E-state index in [1.807, 2.05) is 11.0 Å². The van der Waals surface area contributed by atoms with E-state index < -0.39 is 17.2 Å². The summed E-state index contributed by atoms with van der Waals surface area (Å²) in [5.74, 6) is 1.05. The van der Waals surface area contributed by atoms with Crippen molar-refractivity contribution in [2.24, 2.45) is 17.8 Å². The molecule has 3 aliphatic rings. The van der Waals surface area contributed by atoms with E-state index in [2.05, 4.69) is 35.7 Å². The highest BCUT2D eigenvalue weighted by atomic mass is 19.1. The van der Waals surface area contributed by atoms with Crippen LogP contribution in [-0.4, -0.2) is 50.7 Å². The molecule has 2 aromatic rings. The zero-order valence-electron chi connectivity index (χ0n) is 20.5. The maximum absolute atomic E-state index is 14.8. The summed E-state index contributed by atoms with van der Waals surface area (Å²) in [7, 11) is 0. The van der Waals surface area contributed by atoms with Gasteiger partial charge in [-0.25, -0.2) is 23.1 Å². The molecule has 3 fully saturated rings. The molecule has 2 amide bonds. The lowest BCUT2D eigenvalue weighted by Gasteiger charge is -2.30. The van der Waals surface area contributed by atoms with E-state index >= 15 is 0 Å². The summed E-state index contributed by atoms with van der Waals surface area (Å²) in [6.45, 7) is 11.9. The van der Waals surface area contributed by atoms with Crippen LogP contribution in [0.1, 0.15) is 40.0 Å². The van der Waals surface area contributed by atoms with Gasteiger partial charge >= 0.3 is 6.03 Å². The van der Waals surface area contributed by atoms with Gasteiger partial charge in [0.25, 0.3) is 0 Å². The monoisotopic (exact) mass is 482 g/mol. The van der Waals surface area contributed by atoms with E-state index in [9.17, 15) is 13.6 Å². The largest absolute Gasteiger partial charge is 0.346 e. The van der Waals surface area contributed by atoms with Crippen molar-refractivity contribution in [3.8, 4) is 0 Å². The molecule has 1 N–H and O–H groups in total. The van der Waals surface area contributed by atoms with Crippen LogP contribution in [0.5, 0.6) is 0 Å².